The average Bonchev–Trinajstić information content (AvgIpc) is 2.35. The van der Waals surface area contributed by atoms with Gasteiger partial charge in [0.05, 0.1) is 0 Å². The topological polar surface area (TPSA) is 66.8 Å². The molecule has 2 rings (SSSR count). The van der Waals surface area contributed by atoms with E-state index in [4.69, 9.17) is 9.84 Å². The minimum Gasteiger partial charge on any atom is -0.507 e. The molecule has 0 heterocycles. The molecule has 0 saturated carbocycles. The molecule has 4 nitrogen and oxygen atoms in total. The van der Waals surface area contributed by atoms with E-state index in [2.05, 4.69) is 0 Å². The highest BCUT2D eigenvalue weighted by Gasteiger charge is 2.19. The average molecular weight is 258 g/mol. The summed E-state index contributed by atoms with van der Waals surface area (Å²) in [6, 6.07) is 6.87. The molecule has 4 heteroatoms. The largest absolute Gasteiger partial charge is 0.507 e. The number of rotatable bonds is 2. The molecule has 2 N–H and O–H groups in total. The number of hydrogen-bond acceptors (Lipinski definition) is 3. The van der Waals surface area contributed by atoms with Crippen LogP contribution in [0, 0.1) is 0 Å². The summed E-state index contributed by atoms with van der Waals surface area (Å²) in [5.41, 5.74) is 2.24. The summed E-state index contributed by atoms with van der Waals surface area (Å²) < 4.78 is 4.83. The van der Waals surface area contributed by atoms with Gasteiger partial charge in [0.1, 0.15) is 11.9 Å². The standard InChI is InChI=1S/C15H14O4/c1-10-5-4-8-14(19-15(17)18)12(10)9-11-6-2-3-7-13(11)16/h2-9,14,16H,1H3,(H,17,18). The summed E-state index contributed by atoms with van der Waals surface area (Å²) in [6.45, 7) is 1.87. The van der Waals surface area contributed by atoms with Crippen LogP contribution in [0.5, 0.6) is 5.75 Å². The highest BCUT2D eigenvalue weighted by molar-refractivity contribution is 5.67. The first-order valence-corrected chi connectivity index (χ1v) is 5.82. The van der Waals surface area contributed by atoms with Crippen molar-refractivity contribution in [2.45, 2.75) is 13.0 Å². The number of carbonyl (C=O) groups is 1. The number of phenols is 1. The van der Waals surface area contributed by atoms with Crippen LogP contribution in [0.25, 0.3) is 6.08 Å². The first-order valence-electron chi connectivity index (χ1n) is 5.82. The number of para-hydroxylation sites is 1. The Labute approximate surface area is 111 Å². The maximum absolute atomic E-state index is 10.7. The van der Waals surface area contributed by atoms with E-state index in [1.807, 2.05) is 13.0 Å². The molecule has 0 bridgehead atoms. The molecule has 1 aromatic carbocycles. The van der Waals surface area contributed by atoms with Crippen LogP contribution in [-0.2, 0) is 4.74 Å². The smallest absolute Gasteiger partial charge is 0.506 e. The first kappa shape index (κ1) is 13.0. The van der Waals surface area contributed by atoms with Gasteiger partial charge in [0.25, 0.3) is 0 Å². The SMILES string of the molecule is CC1=CC=CC(OC(=O)O)C1=Cc1ccccc1O. The molecule has 1 unspecified atom stereocenters. The fraction of sp³-hybridized carbons (Fsp3) is 0.133. The summed E-state index contributed by atoms with van der Waals surface area (Å²) in [6.07, 6.45) is 5.04. The van der Waals surface area contributed by atoms with Crippen LogP contribution in [0.2, 0.25) is 0 Å². The third kappa shape index (κ3) is 3.04. The van der Waals surface area contributed by atoms with Crippen molar-refractivity contribution in [2.24, 2.45) is 0 Å². The molecule has 0 radical (unpaired) electrons. The Balaban J connectivity index is 2.39. The van der Waals surface area contributed by atoms with Gasteiger partial charge in [-0.15, -0.1) is 0 Å². The van der Waals surface area contributed by atoms with Gasteiger partial charge in [-0.1, -0.05) is 30.4 Å². The number of allylic oxidation sites excluding steroid dienone is 2. The van der Waals surface area contributed by atoms with Crippen LogP contribution >= 0.6 is 0 Å². The Kier molecular flexibility index (Phi) is 3.71. The van der Waals surface area contributed by atoms with Crippen LogP contribution in [0.1, 0.15) is 12.5 Å². The minimum absolute atomic E-state index is 0.145. The van der Waals surface area contributed by atoms with E-state index in [1.165, 1.54) is 0 Å². The number of hydrogen-bond donors (Lipinski definition) is 2. The third-order valence-electron chi connectivity index (χ3n) is 2.87. The molecule has 0 aromatic heterocycles. The van der Waals surface area contributed by atoms with Gasteiger partial charge >= 0.3 is 6.16 Å². The van der Waals surface area contributed by atoms with E-state index in [0.29, 0.717) is 11.1 Å². The highest BCUT2D eigenvalue weighted by Crippen LogP contribution is 2.27. The molecule has 0 amide bonds. The Morgan fingerprint density at radius 2 is 2.11 bits per heavy atom. The second kappa shape index (κ2) is 5.44. The number of carboxylic acid groups (broad SMARTS) is 1. The Morgan fingerprint density at radius 3 is 2.79 bits per heavy atom. The van der Waals surface area contributed by atoms with Crippen molar-refractivity contribution in [2.75, 3.05) is 0 Å². The molecule has 1 aliphatic rings. The molecule has 0 fully saturated rings. The van der Waals surface area contributed by atoms with E-state index in [9.17, 15) is 9.90 Å². The predicted molar refractivity (Wildman–Crippen MR) is 71.9 cm³/mol. The quantitative estimate of drug-likeness (QED) is 0.798. The van der Waals surface area contributed by atoms with Gasteiger partial charge < -0.3 is 14.9 Å². The van der Waals surface area contributed by atoms with Crippen molar-refractivity contribution in [1.29, 1.82) is 0 Å². The summed E-state index contributed by atoms with van der Waals surface area (Å²) in [5.74, 6) is 0.145. The monoisotopic (exact) mass is 258 g/mol. The zero-order valence-electron chi connectivity index (χ0n) is 10.4. The lowest BCUT2D eigenvalue weighted by Gasteiger charge is -2.20. The molecule has 0 saturated heterocycles. The van der Waals surface area contributed by atoms with Crippen molar-refractivity contribution < 1.29 is 19.7 Å². The van der Waals surface area contributed by atoms with Gasteiger partial charge in [-0.2, -0.15) is 0 Å². The zero-order chi connectivity index (χ0) is 13.8. The van der Waals surface area contributed by atoms with Crippen molar-refractivity contribution in [3.05, 3.63) is 59.2 Å². The van der Waals surface area contributed by atoms with Gasteiger partial charge in [-0.3, -0.25) is 0 Å². The summed E-state index contributed by atoms with van der Waals surface area (Å²) >= 11 is 0. The molecule has 0 spiro atoms. The number of ether oxygens (including phenoxy) is 1. The third-order valence-corrected chi connectivity index (χ3v) is 2.87. The lowest BCUT2D eigenvalue weighted by atomic mass is 9.94. The van der Waals surface area contributed by atoms with E-state index in [1.54, 1.807) is 42.5 Å². The number of phenolic OH excluding ortho intramolecular Hbond substituents is 1. The molecule has 98 valence electrons. The van der Waals surface area contributed by atoms with Crippen molar-refractivity contribution in [3.8, 4) is 5.75 Å². The van der Waals surface area contributed by atoms with Crippen LogP contribution < -0.4 is 0 Å². The summed E-state index contributed by atoms with van der Waals surface area (Å²) in [4.78, 5) is 10.7. The first-order chi connectivity index (χ1) is 9.08. The molecular weight excluding hydrogens is 244 g/mol. The molecule has 1 atom stereocenters. The minimum atomic E-state index is -1.33. The van der Waals surface area contributed by atoms with Gasteiger partial charge in [0.15, 0.2) is 0 Å². The fourth-order valence-electron chi connectivity index (χ4n) is 1.91. The molecule has 1 aromatic rings. The van der Waals surface area contributed by atoms with Gasteiger partial charge in [-0.05, 0) is 30.7 Å². The van der Waals surface area contributed by atoms with Gasteiger partial charge in [0.2, 0.25) is 0 Å². The zero-order valence-corrected chi connectivity index (χ0v) is 10.4. The van der Waals surface area contributed by atoms with E-state index in [0.717, 1.165) is 5.57 Å². The predicted octanol–water partition coefficient (Wildman–Crippen LogP) is 3.35. The van der Waals surface area contributed by atoms with Crippen molar-refractivity contribution >= 4 is 12.2 Å². The van der Waals surface area contributed by atoms with Crippen LogP contribution in [-0.4, -0.2) is 22.5 Å². The number of benzene rings is 1. The van der Waals surface area contributed by atoms with Crippen LogP contribution in [0.15, 0.2) is 53.6 Å². The Hall–Kier alpha value is -2.49. The van der Waals surface area contributed by atoms with E-state index < -0.39 is 12.3 Å². The lowest BCUT2D eigenvalue weighted by molar-refractivity contribution is 0.0806. The van der Waals surface area contributed by atoms with E-state index >= 15 is 0 Å². The Bertz CT molecular complexity index is 582. The molecule has 19 heavy (non-hydrogen) atoms. The molecule has 1 aliphatic carbocycles. The normalized spacial score (nSPS) is 20.2. The van der Waals surface area contributed by atoms with Gasteiger partial charge in [0, 0.05) is 11.1 Å². The van der Waals surface area contributed by atoms with E-state index in [-0.39, 0.29) is 5.75 Å². The maximum Gasteiger partial charge on any atom is 0.506 e. The maximum atomic E-state index is 10.7. The van der Waals surface area contributed by atoms with Crippen LogP contribution in [0.3, 0.4) is 0 Å². The molecule has 0 aliphatic heterocycles. The Morgan fingerprint density at radius 1 is 1.37 bits per heavy atom. The van der Waals surface area contributed by atoms with Crippen molar-refractivity contribution in [1.82, 2.24) is 0 Å². The highest BCUT2D eigenvalue weighted by atomic mass is 16.7. The molecular formula is C15H14O4. The summed E-state index contributed by atoms with van der Waals surface area (Å²) in [5, 5.41) is 18.5. The van der Waals surface area contributed by atoms with Gasteiger partial charge in [-0.25, -0.2) is 4.79 Å². The second-order valence-corrected chi connectivity index (χ2v) is 4.20. The summed E-state index contributed by atoms with van der Waals surface area (Å²) in [7, 11) is 0. The number of aromatic hydroxyl groups is 1. The van der Waals surface area contributed by atoms with Crippen LogP contribution in [0.4, 0.5) is 4.79 Å². The fourth-order valence-corrected chi connectivity index (χ4v) is 1.91. The lowest BCUT2D eigenvalue weighted by Crippen LogP contribution is -2.19. The second-order valence-electron chi connectivity index (χ2n) is 4.20. The van der Waals surface area contributed by atoms with Crippen molar-refractivity contribution in [3.63, 3.8) is 0 Å².